The maximum atomic E-state index is 14.1. The van der Waals surface area contributed by atoms with Crippen LogP contribution >= 0.6 is 12.2 Å². The molecule has 0 atom stereocenters. The van der Waals surface area contributed by atoms with Crippen molar-refractivity contribution in [1.82, 2.24) is 4.57 Å². The van der Waals surface area contributed by atoms with Gasteiger partial charge >= 0.3 is 0 Å². The van der Waals surface area contributed by atoms with Crippen LogP contribution < -0.4 is 5.32 Å². The van der Waals surface area contributed by atoms with Gasteiger partial charge in [0.25, 0.3) is 0 Å². The molecule has 3 aromatic carbocycles. The number of hydrogen-bond acceptors (Lipinski definition) is 3. The van der Waals surface area contributed by atoms with Crippen molar-refractivity contribution >= 4 is 39.6 Å². The smallest absolute Gasteiger partial charge is 0.221 e. The van der Waals surface area contributed by atoms with Gasteiger partial charge in [0, 0.05) is 16.6 Å². The average molecular weight is 418 g/mol. The number of nitrogens with zero attached hydrogens (tertiary/aromatic N) is 3. The summed E-state index contributed by atoms with van der Waals surface area (Å²) in [5.41, 5.74) is 3.35. The van der Waals surface area contributed by atoms with Crippen LogP contribution in [0.25, 0.3) is 10.9 Å². The lowest BCUT2D eigenvalue weighted by Gasteiger charge is -2.08. The number of para-hydroxylation sites is 2. The Kier molecular flexibility index (Phi) is 5.54. The summed E-state index contributed by atoms with van der Waals surface area (Å²) in [6, 6.07) is 21.6. The van der Waals surface area contributed by atoms with Crippen molar-refractivity contribution in [3.63, 3.8) is 0 Å². The lowest BCUT2D eigenvalue weighted by atomic mass is 10.2. The minimum atomic E-state index is -0.332. The molecule has 0 saturated heterocycles. The monoisotopic (exact) mass is 418 g/mol. The molecule has 7 heteroatoms. The van der Waals surface area contributed by atoms with Crippen LogP contribution in [0.4, 0.5) is 15.8 Å². The molecule has 2 N–H and O–H groups in total. The fourth-order valence-electron chi connectivity index (χ4n) is 3.28. The predicted octanol–water partition coefficient (Wildman–Crippen LogP) is 6.32. The zero-order chi connectivity index (χ0) is 21.1. The summed E-state index contributed by atoms with van der Waals surface area (Å²) in [4.78, 5) is 0. The van der Waals surface area contributed by atoms with Crippen LogP contribution in [-0.4, -0.2) is 14.8 Å². The molecule has 0 saturated carbocycles. The maximum Gasteiger partial charge on any atom is 0.221 e. The van der Waals surface area contributed by atoms with E-state index in [4.69, 9.17) is 12.2 Å². The van der Waals surface area contributed by atoms with Crippen molar-refractivity contribution in [3.05, 3.63) is 89.7 Å². The van der Waals surface area contributed by atoms with Gasteiger partial charge in [-0.3, -0.25) is 0 Å². The Morgan fingerprint density at radius 3 is 2.53 bits per heavy atom. The molecular weight excluding hydrogens is 399 g/mol. The molecule has 0 aliphatic carbocycles. The summed E-state index contributed by atoms with van der Waals surface area (Å²) >= 11 is 5.28. The van der Waals surface area contributed by atoms with E-state index in [2.05, 4.69) is 15.5 Å². The zero-order valence-electron chi connectivity index (χ0n) is 16.2. The molecule has 1 aromatic heterocycles. The van der Waals surface area contributed by atoms with E-state index in [1.807, 2.05) is 55.5 Å². The third kappa shape index (κ3) is 3.92. The van der Waals surface area contributed by atoms with E-state index in [-0.39, 0.29) is 29.0 Å². The molecule has 4 aromatic rings. The zero-order valence-corrected chi connectivity index (χ0v) is 17.0. The molecule has 0 unspecified atom stereocenters. The van der Waals surface area contributed by atoms with Gasteiger partial charge in [0.2, 0.25) is 11.0 Å². The highest BCUT2D eigenvalue weighted by atomic mass is 32.1. The molecule has 5 nitrogen and oxygen atoms in total. The van der Waals surface area contributed by atoms with E-state index in [1.54, 1.807) is 22.8 Å². The van der Waals surface area contributed by atoms with Crippen molar-refractivity contribution in [2.24, 2.45) is 10.2 Å². The summed E-state index contributed by atoms with van der Waals surface area (Å²) in [6.07, 6.45) is 0. The predicted molar refractivity (Wildman–Crippen MR) is 121 cm³/mol. The van der Waals surface area contributed by atoms with Crippen LogP contribution in [0, 0.1) is 12.7 Å². The first-order chi connectivity index (χ1) is 14.5. The number of nitrogens with one attached hydrogen (secondary N) is 1. The van der Waals surface area contributed by atoms with Gasteiger partial charge in [-0.2, -0.15) is 0 Å². The van der Waals surface area contributed by atoms with Gasteiger partial charge in [0.15, 0.2) is 5.69 Å². The van der Waals surface area contributed by atoms with E-state index < -0.39 is 0 Å². The number of aromatic hydroxyl groups is 1. The molecule has 0 spiro atoms. The molecule has 1 heterocycles. The number of aryl methyl sites for hydroxylation is 1. The summed E-state index contributed by atoms with van der Waals surface area (Å²) in [5, 5.41) is 23.0. The van der Waals surface area contributed by atoms with Gasteiger partial charge < -0.3 is 15.0 Å². The molecule has 4 rings (SSSR count). The van der Waals surface area contributed by atoms with Gasteiger partial charge in [-0.1, -0.05) is 54.6 Å². The third-order valence-corrected chi connectivity index (χ3v) is 5.01. The molecule has 150 valence electrons. The first-order valence-electron chi connectivity index (χ1n) is 9.36. The number of halogens is 1. The second kappa shape index (κ2) is 8.42. The van der Waals surface area contributed by atoms with Crippen LogP contribution in [0.15, 0.2) is 83.0 Å². The topological polar surface area (TPSA) is 61.9 Å². The number of benzene rings is 3. The van der Waals surface area contributed by atoms with E-state index in [9.17, 15) is 9.50 Å². The number of fused-ring (bicyclic) bond motifs is 1. The van der Waals surface area contributed by atoms with E-state index >= 15 is 0 Å². The molecule has 0 fully saturated rings. The first-order valence-corrected chi connectivity index (χ1v) is 9.77. The van der Waals surface area contributed by atoms with Crippen LogP contribution in [-0.2, 0) is 6.54 Å². The van der Waals surface area contributed by atoms with Gasteiger partial charge in [0.05, 0.1) is 12.1 Å². The van der Waals surface area contributed by atoms with Crippen molar-refractivity contribution in [2.45, 2.75) is 13.5 Å². The minimum absolute atomic E-state index is 0.0955. The Balaban J connectivity index is 1.67. The fourth-order valence-corrected chi connectivity index (χ4v) is 3.43. The number of hydrogen-bond donors (Lipinski definition) is 2. The average Bonchev–Trinajstić information content (AvgIpc) is 3.01. The normalized spacial score (nSPS) is 11.3. The lowest BCUT2D eigenvalue weighted by molar-refractivity contribution is 0.428. The fraction of sp³-hybridized carbons (Fsp3) is 0.0870. The molecule has 0 aliphatic heterocycles. The number of anilines is 1. The lowest BCUT2D eigenvalue weighted by Crippen LogP contribution is -2.06. The molecule has 0 radical (unpaired) electrons. The third-order valence-electron chi connectivity index (χ3n) is 4.83. The molecule has 30 heavy (non-hydrogen) atoms. The van der Waals surface area contributed by atoms with Gasteiger partial charge in [-0.25, -0.2) is 4.39 Å². The van der Waals surface area contributed by atoms with Crippen molar-refractivity contribution in [1.29, 1.82) is 0 Å². The highest BCUT2D eigenvalue weighted by Crippen LogP contribution is 2.39. The maximum absolute atomic E-state index is 14.1. The largest absolute Gasteiger partial charge is 0.493 e. The van der Waals surface area contributed by atoms with Crippen LogP contribution in [0.2, 0.25) is 0 Å². The highest BCUT2D eigenvalue weighted by molar-refractivity contribution is 7.80. The van der Waals surface area contributed by atoms with Crippen molar-refractivity contribution in [3.8, 4) is 5.88 Å². The van der Waals surface area contributed by atoms with E-state index in [1.165, 1.54) is 6.07 Å². The molecule has 0 aliphatic rings. The van der Waals surface area contributed by atoms with E-state index in [0.29, 0.717) is 10.9 Å². The van der Waals surface area contributed by atoms with Crippen molar-refractivity contribution < 1.29 is 9.50 Å². The molecular formula is C23H19FN4OS. The second-order valence-electron chi connectivity index (χ2n) is 6.81. The molecule has 0 bridgehead atoms. The Hall–Kier alpha value is -3.58. The minimum Gasteiger partial charge on any atom is -0.493 e. The van der Waals surface area contributed by atoms with Gasteiger partial charge in [0.1, 0.15) is 5.82 Å². The first kappa shape index (κ1) is 19.7. The number of rotatable bonds is 4. The second-order valence-corrected chi connectivity index (χ2v) is 7.20. The Bertz CT molecular complexity index is 1270. The summed E-state index contributed by atoms with van der Waals surface area (Å²) in [5.74, 6) is -0.427. The summed E-state index contributed by atoms with van der Waals surface area (Å²) < 4.78 is 15.8. The van der Waals surface area contributed by atoms with E-state index in [0.717, 1.165) is 16.8 Å². The number of aromatic nitrogens is 1. The SMILES string of the molecule is Cc1ccccc1NC(=S)N=Nc1c(O)n(Cc2ccccc2F)c2ccccc12. The number of azo groups is 1. The summed E-state index contributed by atoms with van der Waals surface area (Å²) in [7, 11) is 0. The Labute approximate surface area is 178 Å². The summed E-state index contributed by atoms with van der Waals surface area (Å²) in [6.45, 7) is 2.13. The Morgan fingerprint density at radius 2 is 1.73 bits per heavy atom. The van der Waals surface area contributed by atoms with Crippen LogP contribution in [0.1, 0.15) is 11.1 Å². The van der Waals surface area contributed by atoms with Crippen LogP contribution in [0.5, 0.6) is 5.88 Å². The van der Waals surface area contributed by atoms with Gasteiger partial charge in [-0.15, -0.1) is 10.2 Å². The standard InChI is InChI=1S/C23H19FN4OS/c1-15-8-2-6-12-19(15)25-23(30)27-26-21-17-10-4-7-13-20(17)28(22(21)29)14-16-9-3-5-11-18(16)24/h2-13,29H,14H2,1H3,(H,25,30). The highest BCUT2D eigenvalue weighted by Gasteiger charge is 2.17. The quantitative estimate of drug-likeness (QED) is 0.301. The Morgan fingerprint density at radius 1 is 1.03 bits per heavy atom. The molecule has 0 amide bonds. The van der Waals surface area contributed by atoms with Crippen molar-refractivity contribution in [2.75, 3.05) is 5.32 Å². The number of thiocarbonyl (C=S) groups is 1. The van der Waals surface area contributed by atoms with Gasteiger partial charge in [-0.05, 0) is 42.9 Å². The van der Waals surface area contributed by atoms with Crippen LogP contribution in [0.3, 0.4) is 0 Å².